The molecule has 10 heteroatoms. The van der Waals surface area contributed by atoms with Crippen molar-refractivity contribution < 1.29 is 18.4 Å². The Morgan fingerprint density at radius 3 is 2.56 bits per heavy atom. The van der Waals surface area contributed by atoms with Gasteiger partial charge in [-0.3, -0.25) is 9.59 Å². The van der Waals surface area contributed by atoms with Crippen LogP contribution in [-0.2, 0) is 0 Å². The van der Waals surface area contributed by atoms with Gasteiger partial charge in [-0.1, -0.05) is 17.7 Å². The van der Waals surface area contributed by atoms with Crippen molar-refractivity contribution in [3.05, 3.63) is 76.8 Å². The van der Waals surface area contributed by atoms with Gasteiger partial charge in [-0.2, -0.15) is 0 Å². The molecule has 0 bridgehead atoms. The Balaban J connectivity index is 1.52. The zero-order valence-electron chi connectivity index (χ0n) is 17.4. The summed E-state index contributed by atoms with van der Waals surface area (Å²) in [6.07, 6.45) is 1.16. The fourth-order valence-corrected chi connectivity index (χ4v) is 3.96. The summed E-state index contributed by atoms with van der Waals surface area (Å²) in [7, 11) is 0. The molecule has 3 aromatic rings. The van der Waals surface area contributed by atoms with Gasteiger partial charge in [0, 0.05) is 36.3 Å². The molecule has 2 amide bonds. The van der Waals surface area contributed by atoms with E-state index in [0.29, 0.717) is 23.7 Å². The second-order valence-electron chi connectivity index (χ2n) is 8.11. The third-order valence-electron chi connectivity index (χ3n) is 5.34. The molecule has 1 fully saturated rings. The van der Waals surface area contributed by atoms with Gasteiger partial charge in [0.1, 0.15) is 23.6 Å². The predicted molar refractivity (Wildman–Crippen MR) is 114 cm³/mol. The third-order valence-corrected chi connectivity index (χ3v) is 5.58. The number of aromatic nitrogens is 3. The van der Waals surface area contributed by atoms with Crippen LogP contribution in [0.2, 0.25) is 5.02 Å². The maximum atomic E-state index is 14.0. The summed E-state index contributed by atoms with van der Waals surface area (Å²) in [6, 6.07) is 9.66. The lowest BCUT2D eigenvalue weighted by Gasteiger charge is -2.46. The molecule has 32 heavy (non-hydrogen) atoms. The minimum Gasteiger partial charge on any atom is -0.335 e. The molecule has 2 heterocycles. The first-order valence-corrected chi connectivity index (χ1v) is 10.3. The molecule has 1 aromatic heterocycles. The number of hydrogen-bond donors (Lipinski definition) is 0. The number of nitrogens with zero attached hydrogens (tertiary/aromatic N) is 5. The van der Waals surface area contributed by atoms with E-state index in [0.717, 1.165) is 29.2 Å². The largest absolute Gasteiger partial charge is 0.335 e. The highest BCUT2D eigenvalue weighted by Gasteiger charge is 2.40. The van der Waals surface area contributed by atoms with Crippen molar-refractivity contribution in [2.45, 2.75) is 19.4 Å². The number of hydrogen-bond acceptors (Lipinski definition) is 4. The molecular formula is C22H20ClF2N5O2. The van der Waals surface area contributed by atoms with Crippen molar-refractivity contribution >= 4 is 23.4 Å². The van der Waals surface area contributed by atoms with Crippen LogP contribution in [0.3, 0.4) is 0 Å². The van der Waals surface area contributed by atoms with E-state index < -0.39 is 23.1 Å². The summed E-state index contributed by atoms with van der Waals surface area (Å²) in [5, 5.41) is 4.52. The quantitative estimate of drug-likeness (QED) is 0.600. The van der Waals surface area contributed by atoms with Gasteiger partial charge in [0.25, 0.3) is 11.8 Å². The molecule has 0 atom stereocenters. The highest BCUT2D eigenvalue weighted by atomic mass is 35.5. The van der Waals surface area contributed by atoms with Crippen molar-refractivity contribution in [1.29, 1.82) is 0 Å². The number of halogens is 3. The lowest BCUT2D eigenvalue weighted by atomic mass is 9.97. The van der Waals surface area contributed by atoms with Crippen molar-refractivity contribution in [3.8, 4) is 5.69 Å². The van der Waals surface area contributed by atoms with Gasteiger partial charge in [0.05, 0.1) is 5.54 Å². The molecule has 1 aliphatic rings. The average molecular weight is 460 g/mol. The molecule has 4 rings (SSSR count). The van der Waals surface area contributed by atoms with Gasteiger partial charge in [0.15, 0.2) is 0 Å². The van der Waals surface area contributed by atoms with E-state index >= 15 is 0 Å². The minimum atomic E-state index is -0.709. The Bertz CT molecular complexity index is 1200. The second kappa shape index (κ2) is 8.31. The predicted octanol–water partition coefficient (Wildman–Crippen LogP) is 3.58. The molecule has 0 N–H and O–H groups in total. The Kier molecular flexibility index (Phi) is 5.68. The highest BCUT2D eigenvalue weighted by Crippen LogP contribution is 2.25. The average Bonchev–Trinajstić information content (AvgIpc) is 3.24. The van der Waals surface area contributed by atoms with E-state index in [9.17, 15) is 18.4 Å². The lowest BCUT2D eigenvalue weighted by Crippen LogP contribution is -2.62. The number of carbonyl (C=O) groups is 2. The summed E-state index contributed by atoms with van der Waals surface area (Å²) < 4.78 is 28.6. The van der Waals surface area contributed by atoms with Gasteiger partial charge >= 0.3 is 0 Å². The van der Waals surface area contributed by atoms with Crippen LogP contribution in [0.1, 0.15) is 34.8 Å². The van der Waals surface area contributed by atoms with Gasteiger partial charge in [-0.15, -0.1) is 5.10 Å². The van der Waals surface area contributed by atoms with Crippen LogP contribution in [0.4, 0.5) is 8.78 Å². The normalized spacial score (nSPS) is 15.7. The topological polar surface area (TPSA) is 71.3 Å². The molecule has 0 saturated carbocycles. The molecule has 0 unspecified atom stereocenters. The van der Waals surface area contributed by atoms with Crippen LogP contribution in [-0.4, -0.2) is 61.6 Å². The van der Waals surface area contributed by atoms with E-state index in [-0.39, 0.29) is 24.0 Å². The molecule has 2 aromatic carbocycles. The number of rotatable bonds is 3. The van der Waals surface area contributed by atoms with E-state index in [4.69, 9.17) is 11.6 Å². The molecule has 0 radical (unpaired) electrons. The summed E-state index contributed by atoms with van der Waals surface area (Å²) in [5.74, 6) is -2.09. The van der Waals surface area contributed by atoms with Crippen LogP contribution in [0, 0.1) is 11.6 Å². The molecule has 1 aliphatic heterocycles. The van der Waals surface area contributed by atoms with Gasteiger partial charge in [-0.05, 0) is 44.2 Å². The van der Waals surface area contributed by atoms with Gasteiger partial charge < -0.3 is 9.80 Å². The molecule has 0 aliphatic carbocycles. The Hall–Kier alpha value is -3.33. The van der Waals surface area contributed by atoms with Gasteiger partial charge in [0.2, 0.25) is 5.82 Å². The molecule has 1 saturated heterocycles. The molecule has 7 nitrogen and oxygen atoms in total. The zero-order chi connectivity index (χ0) is 23.0. The van der Waals surface area contributed by atoms with Crippen molar-refractivity contribution in [3.63, 3.8) is 0 Å². The monoisotopic (exact) mass is 459 g/mol. The van der Waals surface area contributed by atoms with E-state index in [2.05, 4.69) is 10.1 Å². The summed E-state index contributed by atoms with van der Waals surface area (Å²) in [5.41, 5.74) is -0.377. The van der Waals surface area contributed by atoms with Crippen LogP contribution >= 0.6 is 11.6 Å². The molecule has 166 valence electrons. The van der Waals surface area contributed by atoms with Crippen LogP contribution in [0.5, 0.6) is 0 Å². The maximum absolute atomic E-state index is 14.0. The molecular weight excluding hydrogens is 440 g/mol. The summed E-state index contributed by atoms with van der Waals surface area (Å²) >= 11 is 6.00. The zero-order valence-corrected chi connectivity index (χ0v) is 18.2. The fourth-order valence-electron chi connectivity index (χ4n) is 3.77. The Labute approximate surface area is 188 Å². The van der Waals surface area contributed by atoms with E-state index in [1.807, 2.05) is 13.8 Å². The Morgan fingerprint density at radius 2 is 1.84 bits per heavy atom. The highest BCUT2D eigenvalue weighted by molar-refractivity contribution is 6.30. The molecule has 0 spiro atoms. The van der Waals surface area contributed by atoms with Crippen molar-refractivity contribution in [2.24, 2.45) is 0 Å². The lowest BCUT2D eigenvalue weighted by molar-refractivity contribution is 0.0160. The van der Waals surface area contributed by atoms with Crippen molar-refractivity contribution in [2.75, 3.05) is 19.6 Å². The third kappa shape index (κ3) is 4.20. The fraction of sp³-hybridized carbons (Fsp3) is 0.273. The smallest absolute Gasteiger partial charge is 0.294 e. The minimum absolute atomic E-state index is 0.142. The number of carbonyl (C=O) groups excluding carboxylic acids is 2. The Morgan fingerprint density at radius 1 is 1.06 bits per heavy atom. The number of benzene rings is 2. The standard InChI is InChI=1S/C22H20ClF2N5O2/c1-22(2)12-28(20(31)14-4-3-5-15(23)10-14)8-9-29(22)21(32)19-26-13-30(27-19)18-11-16(24)6-7-17(18)25/h3-7,10-11,13H,8-9,12H2,1-2H3. The number of amides is 2. The summed E-state index contributed by atoms with van der Waals surface area (Å²) in [6.45, 7) is 4.56. The van der Waals surface area contributed by atoms with E-state index in [1.54, 1.807) is 34.1 Å². The van der Waals surface area contributed by atoms with Crippen LogP contribution in [0.15, 0.2) is 48.8 Å². The summed E-state index contributed by atoms with van der Waals surface area (Å²) in [4.78, 5) is 33.2. The first kappa shape index (κ1) is 21.9. The maximum Gasteiger partial charge on any atom is 0.294 e. The van der Waals surface area contributed by atoms with Crippen LogP contribution < -0.4 is 0 Å². The first-order chi connectivity index (χ1) is 15.2. The first-order valence-electron chi connectivity index (χ1n) is 9.89. The van der Waals surface area contributed by atoms with Gasteiger partial charge in [-0.25, -0.2) is 18.4 Å². The van der Waals surface area contributed by atoms with Crippen LogP contribution in [0.25, 0.3) is 5.69 Å². The number of piperazine rings is 1. The van der Waals surface area contributed by atoms with Crippen molar-refractivity contribution in [1.82, 2.24) is 24.6 Å². The second-order valence-corrected chi connectivity index (χ2v) is 8.55. The SMILES string of the molecule is CC1(C)CN(C(=O)c2cccc(Cl)c2)CCN1C(=O)c1ncn(-c2cc(F)ccc2F)n1. The van der Waals surface area contributed by atoms with E-state index in [1.165, 1.54) is 0 Å².